The van der Waals surface area contributed by atoms with Gasteiger partial charge in [-0.15, -0.1) is 0 Å². The maximum absolute atomic E-state index is 12.7. The molecule has 0 aromatic heterocycles. The molecule has 0 bridgehead atoms. The number of fused-ring (bicyclic) bond motifs is 1. The number of rotatable bonds is 3. The van der Waals surface area contributed by atoms with Crippen LogP contribution in [0.1, 0.15) is 22.8 Å². The normalized spacial score (nSPS) is 10.6. The zero-order valence-corrected chi connectivity index (χ0v) is 18.5. The van der Waals surface area contributed by atoms with Crippen LogP contribution in [-0.4, -0.2) is 11.0 Å². The lowest BCUT2D eigenvalue weighted by atomic mass is 10.0. The van der Waals surface area contributed by atoms with Gasteiger partial charge >= 0.3 is 0 Å². The molecule has 0 aliphatic rings. The van der Waals surface area contributed by atoms with E-state index in [4.69, 9.17) is 12.2 Å². The smallest absolute Gasteiger partial charge is 0.258 e. The molecular weight excluding hydrogens is 523 g/mol. The number of anilines is 1. The molecule has 3 aromatic rings. The van der Waals surface area contributed by atoms with Crippen LogP contribution >= 0.6 is 50.7 Å². The molecule has 0 fully saturated rings. The third kappa shape index (κ3) is 4.24. The SMILES string of the molecule is CCc1cc(I)ccc1NC(=S)NC(=O)c1cccc2c(Br)cccc12. The van der Waals surface area contributed by atoms with Gasteiger partial charge in [0, 0.05) is 19.3 Å². The van der Waals surface area contributed by atoms with Crippen molar-refractivity contribution in [1.29, 1.82) is 0 Å². The predicted octanol–water partition coefficient (Wildman–Crippen LogP) is 5.90. The number of benzene rings is 3. The van der Waals surface area contributed by atoms with E-state index >= 15 is 0 Å². The molecule has 26 heavy (non-hydrogen) atoms. The molecule has 0 aliphatic carbocycles. The van der Waals surface area contributed by atoms with E-state index in [-0.39, 0.29) is 11.0 Å². The average Bonchev–Trinajstić information content (AvgIpc) is 2.63. The molecule has 0 saturated carbocycles. The molecule has 0 atom stereocenters. The first kappa shape index (κ1) is 19.3. The van der Waals surface area contributed by atoms with Crippen LogP contribution in [0, 0.1) is 3.57 Å². The van der Waals surface area contributed by atoms with E-state index in [1.807, 2.05) is 42.5 Å². The van der Waals surface area contributed by atoms with Gasteiger partial charge in [0.1, 0.15) is 0 Å². The number of hydrogen-bond donors (Lipinski definition) is 2. The van der Waals surface area contributed by atoms with Crippen LogP contribution in [0.15, 0.2) is 59.1 Å². The van der Waals surface area contributed by atoms with E-state index in [1.54, 1.807) is 6.07 Å². The molecular formula is C20H16BrIN2OS. The standard InChI is InChI=1S/C20H16BrIN2OS/c1-2-12-11-13(22)9-10-18(12)23-20(26)24-19(25)16-7-3-6-15-14(16)5-4-8-17(15)21/h3-11H,2H2,1H3,(H2,23,24,25,26). The van der Waals surface area contributed by atoms with Gasteiger partial charge in [0.25, 0.3) is 5.91 Å². The summed E-state index contributed by atoms with van der Waals surface area (Å²) in [5.74, 6) is -0.227. The lowest BCUT2D eigenvalue weighted by Crippen LogP contribution is -2.34. The molecule has 0 heterocycles. The molecule has 3 aromatic carbocycles. The average molecular weight is 539 g/mol. The Labute approximate surface area is 179 Å². The molecule has 1 amide bonds. The van der Waals surface area contributed by atoms with Crippen molar-refractivity contribution in [3.8, 4) is 0 Å². The highest BCUT2D eigenvalue weighted by atomic mass is 127. The van der Waals surface area contributed by atoms with Crippen LogP contribution in [0.5, 0.6) is 0 Å². The molecule has 0 saturated heterocycles. The van der Waals surface area contributed by atoms with Gasteiger partial charge in [-0.1, -0.05) is 47.1 Å². The number of nitrogens with one attached hydrogen (secondary N) is 2. The highest BCUT2D eigenvalue weighted by Crippen LogP contribution is 2.26. The first-order chi connectivity index (χ1) is 12.5. The highest BCUT2D eigenvalue weighted by Gasteiger charge is 2.13. The fraction of sp³-hybridized carbons (Fsp3) is 0.100. The number of amides is 1. The summed E-state index contributed by atoms with van der Waals surface area (Å²) in [7, 11) is 0. The summed E-state index contributed by atoms with van der Waals surface area (Å²) in [6.07, 6.45) is 0.882. The Morgan fingerprint density at radius 3 is 2.62 bits per heavy atom. The fourth-order valence-electron chi connectivity index (χ4n) is 2.77. The minimum Gasteiger partial charge on any atom is -0.332 e. The summed E-state index contributed by atoms with van der Waals surface area (Å²) < 4.78 is 2.12. The summed E-state index contributed by atoms with van der Waals surface area (Å²) in [4.78, 5) is 12.7. The number of carbonyl (C=O) groups excluding carboxylic acids is 1. The van der Waals surface area contributed by atoms with Crippen LogP contribution in [0.25, 0.3) is 10.8 Å². The fourth-order valence-corrected chi connectivity index (χ4v) is 4.03. The predicted molar refractivity (Wildman–Crippen MR) is 124 cm³/mol. The minimum absolute atomic E-state index is 0.227. The quantitative estimate of drug-likeness (QED) is 0.322. The first-order valence-electron chi connectivity index (χ1n) is 8.07. The van der Waals surface area contributed by atoms with Gasteiger partial charge in [-0.3, -0.25) is 10.1 Å². The lowest BCUT2D eigenvalue weighted by molar-refractivity contribution is 0.0979. The van der Waals surface area contributed by atoms with Crippen LogP contribution in [-0.2, 0) is 6.42 Å². The highest BCUT2D eigenvalue weighted by molar-refractivity contribution is 14.1. The third-order valence-electron chi connectivity index (χ3n) is 4.04. The van der Waals surface area contributed by atoms with Crippen LogP contribution in [0.2, 0.25) is 0 Å². The second-order valence-electron chi connectivity index (χ2n) is 5.70. The van der Waals surface area contributed by atoms with Gasteiger partial charge in [-0.05, 0) is 87.9 Å². The summed E-state index contributed by atoms with van der Waals surface area (Å²) >= 11 is 11.2. The molecule has 0 aliphatic heterocycles. The second kappa shape index (κ2) is 8.45. The van der Waals surface area contributed by atoms with E-state index in [2.05, 4.69) is 62.1 Å². The van der Waals surface area contributed by atoms with Crippen LogP contribution < -0.4 is 10.6 Å². The third-order valence-corrected chi connectivity index (χ3v) is 5.60. The van der Waals surface area contributed by atoms with Gasteiger partial charge < -0.3 is 5.32 Å². The zero-order valence-electron chi connectivity index (χ0n) is 14.0. The van der Waals surface area contributed by atoms with Gasteiger partial charge in [0.2, 0.25) is 0 Å². The molecule has 0 spiro atoms. The topological polar surface area (TPSA) is 41.1 Å². The Morgan fingerprint density at radius 2 is 1.85 bits per heavy atom. The Hall–Kier alpha value is -1.51. The number of aryl methyl sites for hydroxylation is 1. The Kier molecular flexibility index (Phi) is 6.26. The van der Waals surface area contributed by atoms with Gasteiger partial charge in [0.05, 0.1) is 0 Å². The molecule has 132 valence electrons. The Bertz CT molecular complexity index is 1010. The van der Waals surface area contributed by atoms with Crippen molar-refractivity contribution in [1.82, 2.24) is 5.32 Å². The van der Waals surface area contributed by atoms with Crippen LogP contribution in [0.4, 0.5) is 5.69 Å². The maximum Gasteiger partial charge on any atom is 0.258 e. The monoisotopic (exact) mass is 538 g/mol. The van der Waals surface area contributed by atoms with E-state index < -0.39 is 0 Å². The van der Waals surface area contributed by atoms with Gasteiger partial charge in [0.15, 0.2) is 5.11 Å². The van der Waals surface area contributed by atoms with E-state index in [0.29, 0.717) is 5.56 Å². The van der Waals surface area contributed by atoms with Crippen molar-refractivity contribution in [3.05, 3.63) is 73.8 Å². The van der Waals surface area contributed by atoms with Crippen molar-refractivity contribution in [2.45, 2.75) is 13.3 Å². The molecule has 0 radical (unpaired) electrons. The zero-order chi connectivity index (χ0) is 18.7. The van der Waals surface area contributed by atoms with Crippen LogP contribution in [0.3, 0.4) is 0 Å². The van der Waals surface area contributed by atoms with Crippen molar-refractivity contribution in [3.63, 3.8) is 0 Å². The van der Waals surface area contributed by atoms with E-state index in [9.17, 15) is 4.79 Å². The molecule has 0 unspecified atom stereocenters. The molecule has 6 heteroatoms. The van der Waals surface area contributed by atoms with E-state index in [1.165, 1.54) is 3.57 Å². The summed E-state index contributed by atoms with van der Waals surface area (Å²) in [5.41, 5.74) is 2.66. The Morgan fingerprint density at radius 1 is 1.12 bits per heavy atom. The van der Waals surface area contributed by atoms with Crippen molar-refractivity contribution < 1.29 is 4.79 Å². The lowest BCUT2D eigenvalue weighted by Gasteiger charge is -2.14. The maximum atomic E-state index is 12.7. The van der Waals surface area contributed by atoms with Crippen molar-refractivity contribution >= 4 is 78.2 Å². The minimum atomic E-state index is -0.227. The Balaban J connectivity index is 1.81. The number of carbonyl (C=O) groups is 1. The molecule has 3 rings (SSSR count). The summed E-state index contributed by atoms with van der Waals surface area (Å²) in [5, 5.41) is 8.08. The number of thiocarbonyl (C=S) groups is 1. The van der Waals surface area contributed by atoms with E-state index in [0.717, 1.165) is 32.9 Å². The molecule has 3 nitrogen and oxygen atoms in total. The first-order valence-corrected chi connectivity index (χ1v) is 10.4. The molecule has 2 N–H and O–H groups in total. The largest absolute Gasteiger partial charge is 0.332 e. The summed E-state index contributed by atoms with van der Waals surface area (Å²) in [6, 6.07) is 17.5. The van der Waals surface area contributed by atoms with Gasteiger partial charge in [-0.2, -0.15) is 0 Å². The van der Waals surface area contributed by atoms with Gasteiger partial charge in [-0.25, -0.2) is 0 Å². The summed E-state index contributed by atoms with van der Waals surface area (Å²) in [6.45, 7) is 2.09. The van der Waals surface area contributed by atoms with Crippen molar-refractivity contribution in [2.24, 2.45) is 0 Å². The second-order valence-corrected chi connectivity index (χ2v) is 8.21. The number of hydrogen-bond acceptors (Lipinski definition) is 2. The number of halogens is 2. The van der Waals surface area contributed by atoms with Crippen molar-refractivity contribution in [2.75, 3.05) is 5.32 Å².